The molecule has 1 aromatic rings. The van der Waals surface area contributed by atoms with Crippen molar-refractivity contribution in [3.63, 3.8) is 0 Å². The predicted molar refractivity (Wildman–Crippen MR) is 59.7 cm³/mol. The van der Waals surface area contributed by atoms with Gasteiger partial charge in [-0.25, -0.2) is 4.79 Å². The largest absolute Gasteiger partial charge is 0.497 e. The van der Waals surface area contributed by atoms with E-state index in [2.05, 4.69) is 4.74 Å². The van der Waals surface area contributed by atoms with Crippen molar-refractivity contribution in [2.75, 3.05) is 14.2 Å². The van der Waals surface area contributed by atoms with Crippen molar-refractivity contribution in [1.82, 2.24) is 0 Å². The van der Waals surface area contributed by atoms with Gasteiger partial charge in [-0.3, -0.25) is 0 Å². The van der Waals surface area contributed by atoms with Crippen LogP contribution in [0.25, 0.3) is 0 Å². The van der Waals surface area contributed by atoms with Crippen molar-refractivity contribution in [3.05, 3.63) is 24.3 Å². The van der Waals surface area contributed by atoms with Gasteiger partial charge in [0, 0.05) is 0 Å². The van der Waals surface area contributed by atoms with Gasteiger partial charge in [-0.05, 0) is 30.7 Å². The van der Waals surface area contributed by atoms with Gasteiger partial charge in [-0.1, -0.05) is 6.92 Å². The summed E-state index contributed by atoms with van der Waals surface area (Å²) in [5.74, 6) is 1.01. The van der Waals surface area contributed by atoms with Crippen LogP contribution in [0.3, 0.4) is 0 Å². The number of methoxy groups -OCH3 is 2. The summed E-state index contributed by atoms with van der Waals surface area (Å²) in [7, 11) is 2.95. The standard InChI is InChI=1S/C12H16O4/c1-4-11(12(13)15-3)16-10-7-5-9(14-2)6-8-10/h5-8,11H,4H2,1-3H3/t11-/m1/s1. The lowest BCUT2D eigenvalue weighted by Crippen LogP contribution is -2.27. The molecule has 0 saturated carbocycles. The molecule has 0 N–H and O–H groups in total. The third-order valence-corrected chi connectivity index (χ3v) is 2.17. The van der Waals surface area contributed by atoms with E-state index in [0.717, 1.165) is 5.75 Å². The molecule has 0 radical (unpaired) electrons. The van der Waals surface area contributed by atoms with Crippen LogP contribution in [0.15, 0.2) is 24.3 Å². The van der Waals surface area contributed by atoms with E-state index in [1.807, 2.05) is 6.92 Å². The van der Waals surface area contributed by atoms with Gasteiger partial charge in [0.1, 0.15) is 11.5 Å². The summed E-state index contributed by atoms with van der Waals surface area (Å²) in [5.41, 5.74) is 0. The smallest absolute Gasteiger partial charge is 0.347 e. The molecule has 0 heterocycles. The van der Waals surface area contributed by atoms with Gasteiger partial charge in [0.05, 0.1) is 14.2 Å². The van der Waals surface area contributed by atoms with Gasteiger partial charge >= 0.3 is 5.97 Å². The van der Waals surface area contributed by atoms with Crippen molar-refractivity contribution < 1.29 is 19.0 Å². The quantitative estimate of drug-likeness (QED) is 0.718. The number of carbonyl (C=O) groups excluding carboxylic acids is 1. The van der Waals surface area contributed by atoms with Gasteiger partial charge in [-0.15, -0.1) is 0 Å². The zero-order valence-electron chi connectivity index (χ0n) is 9.73. The van der Waals surface area contributed by atoms with Crippen molar-refractivity contribution >= 4 is 5.97 Å². The number of hydrogen-bond acceptors (Lipinski definition) is 4. The molecule has 0 bridgehead atoms. The molecule has 0 amide bonds. The molecule has 0 aromatic heterocycles. The average Bonchev–Trinajstić information content (AvgIpc) is 2.35. The molecule has 0 fully saturated rings. The van der Waals surface area contributed by atoms with E-state index in [0.29, 0.717) is 12.2 Å². The second kappa shape index (κ2) is 6.00. The molecule has 0 spiro atoms. The second-order valence-corrected chi connectivity index (χ2v) is 3.21. The molecule has 0 aliphatic carbocycles. The Balaban J connectivity index is 2.66. The minimum Gasteiger partial charge on any atom is -0.497 e. The van der Waals surface area contributed by atoms with Crippen molar-refractivity contribution in [3.8, 4) is 11.5 Å². The number of hydrogen-bond donors (Lipinski definition) is 0. The van der Waals surface area contributed by atoms with E-state index in [1.54, 1.807) is 31.4 Å². The fourth-order valence-electron chi connectivity index (χ4n) is 1.25. The summed E-state index contributed by atoms with van der Waals surface area (Å²) in [6.07, 6.45) is 0.0111. The molecule has 88 valence electrons. The first-order valence-corrected chi connectivity index (χ1v) is 5.09. The molecule has 4 heteroatoms. The Hall–Kier alpha value is -1.71. The van der Waals surface area contributed by atoms with Crippen molar-refractivity contribution in [2.45, 2.75) is 19.4 Å². The third-order valence-electron chi connectivity index (χ3n) is 2.17. The van der Waals surface area contributed by atoms with Crippen molar-refractivity contribution in [1.29, 1.82) is 0 Å². The maximum absolute atomic E-state index is 11.3. The Labute approximate surface area is 95.1 Å². The lowest BCUT2D eigenvalue weighted by atomic mass is 10.2. The van der Waals surface area contributed by atoms with E-state index in [1.165, 1.54) is 7.11 Å². The third kappa shape index (κ3) is 3.15. The molecule has 16 heavy (non-hydrogen) atoms. The molecular weight excluding hydrogens is 208 g/mol. The van der Waals surface area contributed by atoms with Gasteiger partial charge in [-0.2, -0.15) is 0 Å². The SMILES string of the molecule is CC[C@@H](Oc1ccc(OC)cc1)C(=O)OC. The highest BCUT2D eigenvalue weighted by Crippen LogP contribution is 2.19. The van der Waals surface area contributed by atoms with Crippen molar-refractivity contribution in [2.24, 2.45) is 0 Å². The predicted octanol–water partition coefficient (Wildman–Crippen LogP) is 2.03. The highest BCUT2D eigenvalue weighted by atomic mass is 16.6. The Kier molecular flexibility index (Phi) is 4.64. The summed E-state index contributed by atoms with van der Waals surface area (Å²) < 4.78 is 15.1. The van der Waals surface area contributed by atoms with Gasteiger partial charge < -0.3 is 14.2 Å². The summed E-state index contributed by atoms with van der Waals surface area (Å²) in [6, 6.07) is 7.06. The molecule has 1 rings (SSSR count). The zero-order valence-corrected chi connectivity index (χ0v) is 9.73. The molecule has 0 aliphatic heterocycles. The van der Waals surface area contributed by atoms with Crippen LogP contribution in [0.5, 0.6) is 11.5 Å². The van der Waals surface area contributed by atoms with Gasteiger partial charge in [0.15, 0.2) is 6.10 Å². The van der Waals surface area contributed by atoms with Crippen LogP contribution >= 0.6 is 0 Å². The maximum Gasteiger partial charge on any atom is 0.347 e. The number of carbonyl (C=O) groups is 1. The lowest BCUT2D eigenvalue weighted by molar-refractivity contribution is -0.148. The first-order chi connectivity index (χ1) is 7.71. The van der Waals surface area contributed by atoms with Crippen LogP contribution in [0.2, 0.25) is 0 Å². The van der Waals surface area contributed by atoms with E-state index in [4.69, 9.17) is 9.47 Å². The van der Waals surface area contributed by atoms with Gasteiger partial charge in [0.2, 0.25) is 0 Å². The van der Waals surface area contributed by atoms with E-state index < -0.39 is 6.10 Å². The summed E-state index contributed by atoms with van der Waals surface area (Å²) >= 11 is 0. The van der Waals surface area contributed by atoms with E-state index >= 15 is 0 Å². The highest BCUT2D eigenvalue weighted by Gasteiger charge is 2.18. The molecular formula is C12H16O4. The zero-order chi connectivity index (χ0) is 12.0. The Morgan fingerprint density at radius 3 is 2.19 bits per heavy atom. The van der Waals surface area contributed by atoms with Crippen LogP contribution in [-0.4, -0.2) is 26.3 Å². The second-order valence-electron chi connectivity index (χ2n) is 3.21. The summed E-state index contributed by atoms with van der Waals surface area (Å²) in [4.78, 5) is 11.3. The monoisotopic (exact) mass is 224 g/mol. The molecule has 1 atom stereocenters. The van der Waals surface area contributed by atoms with E-state index in [9.17, 15) is 4.79 Å². The lowest BCUT2D eigenvalue weighted by Gasteiger charge is -2.15. The number of esters is 1. The topological polar surface area (TPSA) is 44.8 Å². The maximum atomic E-state index is 11.3. The Morgan fingerprint density at radius 1 is 1.19 bits per heavy atom. The molecule has 4 nitrogen and oxygen atoms in total. The van der Waals surface area contributed by atoms with Crippen LogP contribution in [0.1, 0.15) is 13.3 Å². The fourth-order valence-corrected chi connectivity index (χ4v) is 1.25. The van der Waals surface area contributed by atoms with Crippen LogP contribution in [0, 0.1) is 0 Å². The number of ether oxygens (including phenoxy) is 3. The Bertz CT molecular complexity index is 331. The van der Waals surface area contributed by atoms with Gasteiger partial charge in [0.25, 0.3) is 0 Å². The molecule has 0 aliphatic rings. The normalized spacial score (nSPS) is 11.7. The minimum atomic E-state index is -0.557. The van der Waals surface area contributed by atoms with Crippen LogP contribution < -0.4 is 9.47 Å². The fraction of sp³-hybridized carbons (Fsp3) is 0.417. The number of rotatable bonds is 5. The first-order valence-electron chi connectivity index (χ1n) is 5.09. The number of benzene rings is 1. The summed E-state index contributed by atoms with van der Waals surface area (Å²) in [5, 5.41) is 0. The molecule has 0 saturated heterocycles. The first kappa shape index (κ1) is 12.4. The Morgan fingerprint density at radius 2 is 1.75 bits per heavy atom. The molecule has 0 unspecified atom stereocenters. The molecule has 1 aromatic carbocycles. The highest BCUT2D eigenvalue weighted by molar-refractivity contribution is 5.74. The van der Waals surface area contributed by atoms with E-state index in [-0.39, 0.29) is 5.97 Å². The van der Waals surface area contributed by atoms with Crippen LogP contribution in [-0.2, 0) is 9.53 Å². The minimum absolute atomic E-state index is 0.363. The van der Waals surface area contributed by atoms with Crippen LogP contribution in [0.4, 0.5) is 0 Å². The average molecular weight is 224 g/mol. The summed E-state index contributed by atoms with van der Waals surface area (Å²) in [6.45, 7) is 1.87.